The number of nitrogens with one attached hydrogen (secondary N) is 1. The zero-order chi connectivity index (χ0) is 13.0. The van der Waals surface area contributed by atoms with Gasteiger partial charge in [-0.25, -0.2) is 0 Å². The second-order valence-electron chi connectivity index (χ2n) is 3.82. The number of aromatic nitrogens is 2. The Hall–Kier alpha value is -2.21. The van der Waals surface area contributed by atoms with Crippen molar-refractivity contribution in [1.82, 2.24) is 15.5 Å². The fourth-order valence-corrected chi connectivity index (χ4v) is 1.47. The van der Waals surface area contributed by atoms with Gasteiger partial charge in [-0.05, 0) is 19.1 Å². The first-order valence-corrected chi connectivity index (χ1v) is 5.59. The third-order valence-corrected chi connectivity index (χ3v) is 2.41. The molecule has 2 rings (SSSR count). The lowest BCUT2D eigenvalue weighted by Crippen LogP contribution is -2.32. The molecule has 0 aliphatic rings. The molecular weight excluding hydrogens is 232 g/mol. The number of benzene rings is 1. The molecule has 0 aliphatic carbocycles. The molecule has 1 amide bonds. The van der Waals surface area contributed by atoms with Crippen molar-refractivity contribution in [2.24, 2.45) is 5.73 Å². The quantitative estimate of drug-likeness (QED) is 0.834. The molecule has 6 nitrogen and oxygen atoms in total. The summed E-state index contributed by atoms with van der Waals surface area (Å²) in [6, 6.07) is 9.10. The third-order valence-electron chi connectivity index (χ3n) is 2.41. The largest absolute Gasteiger partial charge is 0.345 e. The van der Waals surface area contributed by atoms with Gasteiger partial charge in [-0.2, -0.15) is 4.98 Å². The highest BCUT2D eigenvalue weighted by molar-refractivity contribution is 5.78. The van der Waals surface area contributed by atoms with E-state index in [0.29, 0.717) is 11.7 Å². The molecular formula is C12H14N4O2. The van der Waals surface area contributed by atoms with Crippen LogP contribution in [0.5, 0.6) is 0 Å². The Morgan fingerprint density at radius 3 is 2.83 bits per heavy atom. The Bertz CT molecular complexity index is 524. The lowest BCUT2D eigenvalue weighted by molar-refractivity contribution is -0.120. The minimum Gasteiger partial charge on any atom is -0.345 e. The Morgan fingerprint density at radius 2 is 2.17 bits per heavy atom. The molecule has 0 aliphatic heterocycles. The monoisotopic (exact) mass is 246 g/mol. The van der Waals surface area contributed by atoms with E-state index < -0.39 is 0 Å². The fourth-order valence-electron chi connectivity index (χ4n) is 1.47. The maximum atomic E-state index is 11.2. The van der Waals surface area contributed by atoms with Crippen molar-refractivity contribution in [1.29, 1.82) is 0 Å². The highest BCUT2D eigenvalue weighted by Crippen LogP contribution is 2.18. The van der Waals surface area contributed by atoms with Crippen LogP contribution in [0.2, 0.25) is 0 Å². The average molecular weight is 246 g/mol. The van der Waals surface area contributed by atoms with Crippen LogP contribution < -0.4 is 11.1 Å². The Labute approximate surface area is 104 Å². The summed E-state index contributed by atoms with van der Waals surface area (Å²) in [5.74, 6) is 0.601. The first-order chi connectivity index (χ1) is 8.70. The van der Waals surface area contributed by atoms with Crippen LogP contribution in [-0.4, -0.2) is 22.6 Å². The molecule has 0 bridgehead atoms. The zero-order valence-electron chi connectivity index (χ0n) is 9.96. The second-order valence-corrected chi connectivity index (χ2v) is 3.82. The van der Waals surface area contributed by atoms with E-state index in [2.05, 4.69) is 15.5 Å². The summed E-state index contributed by atoms with van der Waals surface area (Å²) >= 11 is 0. The molecule has 3 N–H and O–H groups in total. The predicted molar refractivity (Wildman–Crippen MR) is 65.3 cm³/mol. The molecule has 2 aromatic rings. The smallest absolute Gasteiger partial charge is 0.257 e. The number of hydrogen-bond donors (Lipinski definition) is 2. The van der Waals surface area contributed by atoms with E-state index in [4.69, 9.17) is 10.3 Å². The summed E-state index contributed by atoms with van der Waals surface area (Å²) in [5.41, 5.74) is 6.06. The molecule has 1 unspecified atom stereocenters. The van der Waals surface area contributed by atoms with Crippen molar-refractivity contribution >= 4 is 5.91 Å². The van der Waals surface area contributed by atoms with E-state index in [9.17, 15) is 4.79 Å². The van der Waals surface area contributed by atoms with Gasteiger partial charge in [0.05, 0.1) is 12.6 Å². The van der Waals surface area contributed by atoms with Gasteiger partial charge in [-0.1, -0.05) is 23.4 Å². The molecule has 18 heavy (non-hydrogen) atoms. The summed E-state index contributed by atoms with van der Waals surface area (Å²) < 4.78 is 5.14. The third kappa shape index (κ3) is 2.72. The summed E-state index contributed by atoms with van der Waals surface area (Å²) in [6.07, 6.45) is 0. The van der Waals surface area contributed by atoms with Gasteiger partial charge in [0.1, 0.15) is 0 Å². The standard InChI is InChI=1S/C12H14N4O2/c1-8(14-10(17)7-13)11-15-12(18-16-11)9-5-3-2-4-6-9/h2-6,8H,7,13H2,1H3,(H,14,17). The zero-order valence-corrected chi connectivity index (χ0v) is 9.96. The number of rotatable bonds is 4. The van der Waals surface area contributed by atoms with Crippen LogP contribution in [0.3, 0.4) is 0 Å². The molecule has 0 saturated heterocycles. The SMILES string of the molecule is CC(NC(=O)CN)c1noc(-c2ccccc2)n1. The van der Waals surface area contributed by atoms with E-state index in [-0.39, 0.29) is 18.5 Å². The van der Waals surface area contributed by atoms with Crippen molar-refractivity contribution in [3.63, 3.8) is 0 Å². The van der Waals surface area contributed by atoms with E-state index in [1.165, 1.54) is 0 Å². The molecule has 1 atom stereocenters. The minimum atomic E-state index is -0.331. The Kier molecular flexibility index (Phi) is 3.69. The number of nitrogens with zero attached hydrogens (tertiary/aromatic N) is 2. The van der Waals surface area contributed by atoms with Crippen LogP contribution in [-0.2, 0) is 4.79 Å². The minimum absolute atomic E-state index is 0.0618. The topological polar surface area (TPSA) is 94.0 Å². The summed E-state index contributed by atoms with van der Waals surface area (Å²) in [6.45, 7) is 1.71. The fraction of sp³-hybridized carbons (Fsp3) is 0.250. The van der Waals surface area contributed by atoms with Crippen LogP contribution in [0.25, 0.3) is 11.5 Å². The molecule has 0 spiro atoms. The maximum absolute atomic E-state index is 11.2. The van der Waals surface area contributed by atoms with Gasteiger partial charge in [0.15, 0.2) is 5.82 Å². The van der Waals surface area contributed by atoms with E-state index in [0.717, 1.165) is 5.56 Å². The molecule has 1 aromatic carbocycles. The van der Waals surface area contributed by atoms with Crippen LogP contribution in [0, 0.1) is 0 Å². The molecule has 0 radical (unpaired) electrons. The van der Waals surface area contributed by atoms with Gasteiger partial charge in [0, 0.05) is 5.56 Å². The highest BCUT2D eigenvalue weighted by atomic mass is 16.5. The van der Waals surface area contributed by atoms with Crippen molar-refractivity contribution in [2.75, 3.05) is 6.54 Å². The molecule has 0 saturated carbocycles. The van der Waals surface area contributed by atoms with Crippen LogP contribution >= 0.6 is 0 Å². The Balaban J connectivity index is 2.13. The normalized spacial score (nSPS) is 12.1. The number of carbonyl (C=O) groups excluding carboxylic acids is 1. The van der Waals surface area contributed by atoms with Crippen molar-refractivity contribution in [3.8, 4) is 11.5 Å². The van der Waals surface area contributed by atoms with Gasteiger partial charge in [0.25, 0.3) is 5.89 Å². The van der Waals surface area contributed by atoms with Crippen LogP contribution in [0.15, 0.2) is 34.9 Å². The highest BCUT2D eigenvalue weighted by Gasteiger charge is 2.15. The number of nitrogens with two attached hydrogens (primary N) is 1. The van der Waals surface area contributed by atoms with Gasteiger partial charge in [-0.15, -0.1) is 0 Å². The lowest BCUT2D eigenvalue weighted by atomic mass is 10.2. The maximum Gasteiger partial charge on any atom is 0.257 e. The first kappa shape index (κ1) is 12.3. The number of amides is 1. The molecule has 1 heterocycles. The first-order valence-electron chi connectivity index (χ1n) is 5.59. The van der Waals surface area contributed by atoms with Crippen LogP contribution in [0.4, 0.5) is 0 Å². The Morgan fingerprint density at radius 1 is 1.44 bits per heavy atom. The van der Waals surface area contributed by atoms with Crippen molar-refractivity contribution < 1.29 is 9.32 Å². The van der Waals surface area contributed by atoms with Crippen molar-refractivity contribution in [2.45, 2.75) is 13.0 Å². The van der Waals surface area contributed by atoms with Gasteiger partial charge >= 0.3 is 0 Å². The van der Waals surface area contributed by atoms with E-state index >= 15 is 0 Å². The van der Waals surface area contributed by atoms with Crippen molar-refractivity contribution in [3.05, 3.63) is 36.2 Å². The molecule has 94 valence electrons. The molecule has 1 aromatic heterocycles. The number of hydrogen-bond acceptors (Lipinski definition) is 5. The molecule has 0 fully saturated rings. The predicted octanol–water partition coefficient (Wildman–Crippen LogP) is 0.873. The van der Waals surface area contributed by atoms with Gasteiger partial charge in [-0.3, -0.25) is 4.79 Å². The molecule has 6 heteroatoms. The lowest BCUT2D eigenvalue weighted by Gasteiger charge is -2.07. The summed E-state index contributed by atoms with van der Waals surface area (Å²) in [7, 11) is 0. The average Bonchev–Trinajstić information content (AvgIpc) is 2.89. The summed E-state index contributed by atoms with van der Waals surface area (Å²) in [5, 5.41) is 6.50. The number of carbonyl (C=O) groups is 1. The van der Waals surface area contributed by atoms with Crippen LogP contribution in [0.1, 0.15) is 18.8 Å². The van der Waals surface area contributed by atoms with E-state index in [1.807, 2.05) is 30.3 Å². The van der Waals surface area contributed by atoms with Gasteiger partial charge < -0.3 is 15.6 Å². The van der Waals surface area contributed by atoms with Gasteiger partial charge in [0.2, 0.25) is 5.91 Å². The van der Waals surface area contributed by atoms with E-state index in [1.54, 1.807) is 6.92 Å². The second kappa shape index (κ2) is 5.42. The summed E-state index contributed by atoms with van der Waals surface area (Å²) in [4.78, 5) is 15.4.